The van der Waals surface area contributed by atoms with Crippen molar-refractivity contribution in [2.45, 2.75) is 6.92 Å². The maximum Gasteiger partial charge on any atom is 0.291 e. The number of nitro benzene ring substituents is 1. The first-order valence-corrected chi connectivity index (χ1v) is 12.0. The van der Waals surface area contributed by atoms with Crippen molar-refractivity contribution in [2.24, 2.45) is 10.1 Å². The first kappa shape index (κ1) is 26.2. The van der Waals surface area contributed by atoms with Gasteiger partial charge in [-0.05, 0) is 66.6 Å². The number of non-ortho nitro benzene ring substituents is 1. The van der Waals surface area contributed by atoms with Gasteiger partial charge in [0.25, 0.3) is 11.2 Å². The number of aromatic amines is 1. The van der Waals surface area contributed by atoms with E-state index in [4.69, 9.17) is 0 Å². The number of nitro groups is 1. The van der Waals surface area contributed by atoms with Gasteiger partial charge < -0.3 is 10.1 Å². The number of H-pyrrole nitrogens is 1. The number of aromatic hydroxyl groups is 1. The van der Waals surface area contributed by atoms with Crippen LogP contribution in [0.4, 0.5) is 11.5 Å². The molecule has 198 valence electrons. The van der Waals surface area contributed by atoms with Gasteiger partial charge in [-0.1, -0.05) is 12.1 Å². The molecule has 0 saturated carbocycles. The van der Waals surface area contributed by atoms with Gasteiger partial charge in [-0.15, -0.1) is 0 Å². The molecule has 5 aromatic rings. The average molecular weight is 543 g/mol. The number of pyridine rings is 1. The van der Waals surface area contributed by atoms with E-state index in [0.717, 1.165) is 10.2 Å². The van der Waals surface area contributed by atoms with E-state index in [2.05, 4.69) is 20.1 Å². The highest BCUT2D eigenvalue weighted by Crippen LogP contribution is 2.33. The molecule has 0 unspecified atom stereocenters. The zero-order chi connectivity index (χ0) is 29.1. The topological polar surface area (TPSA) is 186 Å². The third kappa shape index (κ3) is 5.04. The molecule has 0 radical (unpaired) electrons. The molecule has 0 spiro atoms. The summed E-state index contributed by atoms with van der Waals surface area (Å²) in [5.74, 6) is 0.234. The molecule has 12 nitrogen and oxygen atoms in total. The monoisotopic (exact) mass is 542 g/mol. The number of fused-ring (bicyclic) bond motifs is 1. The predicted octanol–water partition coefficient (Wildman–Crippen LogP) is 4.77. The van der Waals surface area contributed by atoms with Crippen LogP contribution in [0.3, 0.4) is 0 Å². The summed E-state index contributed by atoms with van der Waals surface area (Å²) in [5.41, 5.74) is 0.880. The van der Waals surface area contributed by atoms with E-state index in [1.165, 1.54) is 42.6 Å². The Labute approximate surface area is 231 Å². The van der Waals surface area contributed by atoms with Crippen LogP contribution in [0.5, 0.6) is 5.75 Å². The molecule has 0 atom stereocenters. The van der Waals surface area contributed by atoms with Crippen molar-refractivity contribution >= 4 is 34.5 Å². The van der Waals surface area contributed by atoms with Crippen LogP contribution < -0.4 is 5.56 Å². The summed E-state index contributed by atoms with van der Waals surface area (Å²) in [6.07, 6.45) is 1.38. The predicted molar refractivity (Wildman–Crippen MR) is 151 cm³/mol. The molecule has 5 rings (SSSR count). The van der Waals surface area contributed by atoms with Crippen molar-refractivity contribution in [1.29, 1.82) is 10.5 Å². The van der Waals surface area contributed by atoms with Crippen LogP contribution in [0, 0.1) is 32.8 Å². The van der Waals surface area contributed by atoms with Crippen molar-refractivity contribution in [3.8, 4) is 29.0 Å². The van der Waals surface area contributed by atoms with Gasteiger partial charge in [-0.25, -0.2) is 9.98 Å². The third-order valence-corrected chi connectivity index (χ3v) is 6.13. The molecular weight excluding hydrogens is 524 g/mol. The van der Waals surface area contributed by atoms with Crippen molar-refractivity contribution in [2.75, 3.05) is 0 Å². The molecule has 41 heavy (non-hydrogen) atoms. The molecule has 2 aromatic heterocycles. The highest BCUT2D eigenvalue weighted by Gasteiger charge is 2.24. The Balaban J connectivity index is 1.78. The number of aliphatic imine (C=N–C) groups is 1. The minimum atomic E-state index is -0.854. The molecule has 0 saturated heterocycles. The number of nitrogens with one attached hydrogen (secondary N) is 1. The van der Waals surface area contributed by atoms with Crippen LogP contribution >= 0.6 is 0 Å². The Morgan fingerprint density at radius 1 is 1.05 bits per heavy atom. The molecule has 2 heterocycles. The summed E-state index contributed by atoms with van der Waals surface area (Å²) in [7, 11) is 0. The molecule has 0 aliphatic heterocycles. The normalized spacial score (nSPS) is 11.4. The Morgan fingerprint density at radius 3 is 2.37 bits per heavy atom. The van der Waals surface area contributed by atoms with Crippen molar-refractivity contribution < 1.29 is 10.0 Å². The summed E-state index contributed by atoms with van der Waals surface area (Å²) >= 11 is 0. The lowest BCUT2D eigenvalue weighted by atomic mass is 9.96. The quantitative estimate of drug-likeness (QED) is 0.176. The zero-order valence-electron chi connectivity index (χ0n) is 21.3. The molecule has 2 N–H and O–H groups in total. The molecule has 0 aliphatic carbocycles. The fourth-order valence-electron chi connectivity index (χ4n) is 4.13. The molecule has 0 aliphatic rings. The average Bonchev–Trinajstić information content (AvgIpc) is 3.42. The molecule has 3 aromatic carbocycles. The van der Waals surface area contributed by atoms with Crippen LogP contribution in [-0.2, 0) is 0 Å². The van der Waals surface area contributed by atoms with E-state index >= 15 is 0 Å². The fourth-order valence-corrected chi connectivity index (χ4v) is 4.13. The van der Waals surface area contributed by atoms with E-state index in [1.54, 1.807) is 19.1 Å². The second-order valence-corrected chi connectivity index (χ2v) is 8.73. The van der Waals surface area contributed by atoms with Crippen molar-refractivity contribution in [3.63, 3.8) is 0 Å². The van der Waals surface area contributed by atoms with Crippen molar-refractivity contribution in [3.05, 3.63) is 116 Å². The minimum absolute atomic E-state index is 0.0272. The van der Waals surface area contributed by atoms with E-state index in [1.807, 2.05) is 36.4 Å². The number of hydrogen-bond acceptors (Lipinski definition) is 9. The highest BCUT2D eigenvalue weighted by molar-refractivity contribution is 5.98. The molecule has 0 fully saturated rings. The van der Waals surface area contributed by atoms with Gasteiger partial charge in [0.2, 0.25) is 0 Å². The molecule has 0 bridgehead atoms. The lowest BCUT2D eigenvalue weighted by Gasteiger charge is -2.13. The number of rotatable bonds is 6. The number of nitrogens with zero attached hydrogens (tertiary/aromatic N) is 7. The van der Waals surface area contributed by atoms with Gasteiger partial charge >= 0.3 is 0 Å². The Bertz CT molecular complexity index is 1990. The standard InChI is InChI=1S/C29H18N8O4/c1-17(27-33-24-4-2-3-5-25(24)34-27)35-36-28(32-16-18-6-12-21(38)13-7-18)22(14-30)26(23(15-31)29(36)39)19-8-10-20(11-9-19)37(40)41/h2-13,16,38H,1H3,(H,33,34)/b32-16?,35-17+. The van der Waals surface area contributed by atoms with Crippen LogP contribution in [-0.4, -0.2) is 36.6 Å². The third-order valence-electron chi connectivity index (χ3n) is 6.13. The lowest BCUT2D eigenvalue weighted by Crippen LogP contribution is -2.23. The SMILES string of the molecule is C/C(=N\n1c(N=Cc2ccc(O)cc2)c(C#N)c(-c2ccc([N+](=O)[O-])cc2)c(C#N)c1=O)c1nc2ccccc2[nH]1. The number of para-hydroxylation sites is 2. The number of benzene rings is 3. The van der Waals surface area contributed by atoms with Gasteiger partial charge in [-0.3, -0.25) is 14.9 Å². The number of phenols is 1. The fraction of sp³-hybridized carbons (Fsp3) is 0.0345. The van der Waals surface area contributed by atoms with E-state index in [-0.39, 0.29) is 45.2 Å². The molecule has 0 amide bonds. The largest absolute Gasteiger partial charge is 0.508 e. The minimum Gasteiger partial charge on any atom is -0.508 e. The summed E-state index contributed by atoms with van der Waals surface area (Å²) < 4.78 is 0.866. The van der Waals surface area contributed by atoms with E-state index in [0.29, 0.717) is 16.9 Å². The summed E-state index contributed by atoms with van der Waals surface area (Å²) in [4.78, 5) is 36.3. The number of phenolic OH excluding ortho intramolecular Hbond substituents is 1. The maximum atomic E-state index is 13.7. The lowest BCUT2D eigenvalue weighted by molar-refractivity contribution is -0.384. The number of imidazole rings is 1. The van der Waals surface area contributed by atoms with Crippen molar-refractivity contribution in [1.82, 2.24) is 14.6 Å². The van der Waals surface area contributed by atoms with Crippen LogP contribution in [0.25, 0.3) is 22.2 Å². The first-order chi connectivity index (χ1) is 19.8. The smallest absolute Gasteiger partial charge is 0.291 e. The number of hydrogen-bond donors (Lipinski definition) is 2. The Morgan fingerprint density at radius 2 is 1.73 bits per heavy atom. The Hall–Kier alpha value is -6.40. The number of nitriles is 2. The van der Waals surface area contributed by atoms with Gasteiger partial charge in [0.15, 0.2) is 11.6 Å². The highest BCUT2D eigenvalue weighted by atomic mass is 16.6. The summed E-state index contributed by atoms with van der Waals surface area (Å²) in [5, 5.41) is 45.5. The second-order valence-electron chi connectivity index (χ2n) is 8.73. The van der Waals surface area contributed by atoms with E-state index in [9.17, 15) is 30.5 Å². The van der Waals surface area contributed by atoms with E-state index < -0.39 is 10.5 Å². The van der Waals surface area contributed by atoms with Crippen LogP contribution in [0.1, 0.15) is 29.4 Å². The summed E-state index contributed by atoms with van der Waals surface area (Å²) in [6, 6.07) is 22.4. The van der Waals surface area contributed by atoms with Crippen LogP contribution in [0.2, 0.25) is 0 Å². The van der Waals surface area contributed by atoms with Crippen LogP contribution in [0.15, 0.2) is 87.7 Å². The first-order valence-electron chi connectivity index (χ1n) is 12.0. The second kappa shape index (κ2) is 10.8. The molecular formula is C29H18N8O4. The zero-order valence-corrected chi connectivity index (χ0v) is 21.3. The maximum absolute atomic E-state index is 13.7. The Kier molecular flexibility index (Phi) is 6.88. The van der Waals surface area contributed by atoms with Gasteiger partial charge in [-0.2, -0.15) is 20.3 Å². The van der Waals surface area contributed by atoms with Gasteiger partial charge in [0, 0.05) is 23.9 Å². The van der Waals surface area contributed by atoms with Gasteiger partial charge in [0.05, 0.1) is 16.0 Å². The number of aromatic nitrogens is 3. The van der Waals surface area contributed by atoms with Gasteiger partial charge in [0.1, 0.15) is 34.7 Å². The molecule has 12 heteroatoms. The summed E-state index contributed by atoms with van der Waals surface area (Å²) in [6.45, 7) is 1.61.